The number of primary amides is 1. The van der Waals surface area contributed by atoms with Crippen molar-refractivity contribution < 1.29 is 13.9 Å². The number of nitrogens with one attached hydrogen (secondary N) is 1. The molecule has 2 aromatic rings. The Kier molecular flexibility index (Phi) is 4.52. The fourth-order valence-corrected chi connectivity index (χ4v) is 2.24. The second-order valence-electron chi connectivity index (χ2n) is 5.02. The molecule has 21 heavy (non-hydrogen) atoms. The molecule has 0 radical (unpaired) electrons. The highest BCUT2D eigenvalue weighted by Crippen LogP contribution is 2.26. The van der Waals surface area contributed by atoms with Crippen LogP contribution in [-0.2, 0) is 4.79 Å². The number of carbonyl (C=O) groups excluding carboxylic acids is 1. The summed E-state index contributed by atoms with van der Waals surface area (Å²) >= 11 is 0. The fraction of sp³-hybridized carbons (Fsp3) is 0.312. The predicted octanol–water partition coefficient (Wildman–Crippen LogP) is 2.93. The van der Waals surface area contributed by atoms with Gasteiger partial charge < -0.3 is 20.2 Å². The number of carbonyl (C=O) groups is 1. The smallest absolute Gasteiger partial charge is 0.255 e. The van der Waals surface area contributed by atoms with Crippen LogP contribution >= 0.6 is 0 Å². The van der Waals surface area contributed by atoms with E-state index in [4.69, 9.17) is 14.9 Å². The first-order valence-corrected chi connectivity index (χ1v) is 6.80. The first-order chi connectivity index (χ1) is 9.95. The molecule has 1 unspecified atom stereocenters. The zero-order chi connectivity index (χ0) is 15.4. The predicted molar refractivity (Wildman–Crippen MR) is 81.4 cm³/mol. The van der Waals surface area contributed by atoms with Gasteiger partial charge in [0, 0.05) is 17.3 Å². The lowest BCUT2D eigenvalue weighted by molar-refractivity contribution is -0.119. The van der Waals surface area contributed by atoms with Gasteiger partial charge in [0.05, 0.1) is 6.04 Å². The van der Waals surface area contributed by atoms with Gasteiger partial charge in [0.25, 0.3) is 5.91 Å². The Bertz CT molecular complexity index is 634. The Hall–Kier alpha value is -2.43. The molecule has 1 aromatic heterocycles. The minimum atomic E-state index is -0.494. The molecule has 1 atom stereocenters. The third-order valence-electron chi connectivity index (χ3n) is 3.14. The molecule has 0 aliphatic heterocycles. The summed E-state index contributed by atoms with van der Waals surface area (Å²) in [5, 5.41) is 3.38. The van der Waals surface area contributed by atoms with E-state index in [0.717, 1.165) is 22.8 Å². The number of ether oxygens (including phenoxy) is 1. The van der Waals surface area contributed by atoms with Gasteiger partial charge in [0.2, 0.25) is 0 Å². The number of hydrogen-bond donors (Lipinski definition) is 2. The Morgan fingerprint density at radius 2 is 2.14 bits per heavy atom. The standard InChI is InChI=1S/C16H20N2O3/c1-10-7-15(12(3)21-10)11(2)18-13-5-4-6-14(8-13)20-9-16(17)19/h4-8,11,18H,9H2,1-3H3,(H2,17,19). The molecule has 2 rings (SSSR count). The average molecular weight is 288 g/mol. The van der Waals surface area contributed by atoms with Gasteiger partial charge in [-0.25, -0.2) is 0 Å². The zero-order valence-electron chi connectivity index (χ0n) is 12.5. The Morgan fingerprint density at radius 1 is 1.38 bits per heavy atom. The van der Waals surface area contributed by atoms with Crippen molar-refractivity contribution in [2.45, 2.75) is 26.8 Å². The molecule has 0 bridgehead atoms. The molecule has 3 N–H and O–H groups in total. The van der Waals surface area contributed by atoms with E-state index >= 15 is 0 Å². The molecular weight excluding hydrogens is 268 g/mol. The minimum Gasteiger partial charge on any atom is -0.484 e. The summed E-state index contributed by atoms with van der Waals surface area (Å²) in [6, 6.07) is 9.55. The molecule has 1 amide bonds. The van der Waals surface area contributed by atoms with E-state index in [9.17, 15) is 4.79 Å². The van der Waals surface area contributed by atoms with E-state index < -0.39 is 5.91 Å². The molecule has 0 aliphatic carbocycles. The number of hydrogen-bond acceptors (Lipinski definition) is 4. The van der Waals surface area contributed by atoms with Gasteiger partial charge >= 0.3 is 0 Å². The van der Waals surface area contributed by atoms with Crippen LogP contribution in [0.5, 0.6) is 5.75 Å². The summed E-state index contributed by atoms with van der Waals surface area (Å²) in [4.78, 5) is 10.7. The summed E-state index contributed by atoms with van der Waals surface area (Å²) in [7, 11) is 0. The zero-order valence-corrected chi connectivity index (χ0v) is 12.5. The number of benzene rings is 1. The fourth-order valence-electron chi connectivity index (χ4n) is 2.24. The van der Waals surface area contributed by atoms with Crippen molar-refractivity contribution in [2.24, 2.45) is 5.73 Å². The highest BCUT2D eigenvalue weighted by molar-refractivity contribution is 5.75. The topological polar surface area (TPSA) is 77.5 Å². The lowest BCUT2D eigenvalue weighted by Crippen LogP contribution is -2.20. The molecule has 112 valence electrons. The van der Waals surface area contributed by atoms with Gasteiger partial charge in [-0.15, -0.1) is 0 Å². The van der Waals surface area contributed by atoms with Crippen LogP contribution in [-0.4, -0.2) is 12.5 Å². The van der Waals surface area contributed by atoms with Crippen LogP contribution in [0.2, 0.25) is 0 Å². The van der Waals surface area contributed by atoms with Crippen molar-refractivity contribution in [2.75, 3.05) is 11.9 Å². The Labute approximate surface area is 124 Å². The molecular formula is C16H20N2O3. The lowest BCUT2D eigenvalue weighted by Gasteiger charge is -2.15. The van der Waals surface area contributed by atoms with E-state index in [1.165, 1.54) is 0 Å². The highest BCUT2D eigenvalue weighted by Gasteiger charge is 2.12. The number of anilines is 1. The van der Waals surface area contributed by atoms with E-state index in [-0.39, 0.29) is 12.6 Å². The average Bonchev–Trinajstić information content (AvgIpc) is 2.76. The number of aryl methyl sites for hydroxylation is 2. The maximum absolute atomic E-state index is 10.7. The largest absolute Gasteiger partial charge is 0.484 e. The van der Waals surface area contributed by atoms with Crippen molar-refractivity contribution in [3.8, 4) is 5.75 Å². The minimum absolute atomic E-state index is 0.105. The van der Waals surface area contributed by atoms with Crippen LogP contribution in [0.1, 0.15) is 30.0 Å². The lowest BCUT2D eigenvalue weighted by atomic mass is 10.1. The van der Waals surface area contributed by atoms with Gasteiger partial charge in [0.1, 0.15) is 17.3 Å². The van der Waals surface area contributed by atoms with E-state index in [0.29, 0.717) is 5.75 Å². The van der Waals surface area contributed by atoms with Crippen molar-refractivity contribution in [3.05, 3.63) is 47.4 Å². The normalized spacial score (nSPS) is 12.0. The second-order valence-corrected chi connectivity index (χ2v) is 5.02. The van der Waals surface area contributed by atoms with Gasteiger partial charge in [-0.1, -0.05) is 6.07 Å². The molecule has 1 aromatic carbocycles. The van der Waals surface area contributed by atoms with Crippen molar-refractivity contribution in [1.82, 2.24) is 0 Å². The molecule has 5 heteroatoms. The summed E-state index contributed by atoms with van der Waals surface area (Å²) in [6.45, 7) is 5.82. The molecule has 5 nitrogen and oxygen atoms in total. The Morgan fingerprint density at radius 3 is 2.76 bits per heavy atom. The van der Waals surface area contributed by atoms with Crippen LogP contribution in [0.3, 0.4) is 0 Å². The van der Waals surface area contributed by atoms with Gasteiger partial charge in [0.15, 0.2) is 6.61 Å². The van der Waals surface area contributed by atoms with E-state index in [2.05, 4.69) is 12.2 Å². The molecule has 0 saturated carbocycles. The third kappa shape index (κ3) is 4.02. The SMILES string of the molecule is Cc1cc(C(C)Nc2cccc(OCC(N)=O)c2)c(C)o1. The van der Waals surface area contributed by atoms with Crippen LogP contribution < -0.4 is 15.8 Å². The van der Waals surface area contributed by atoms with Crippen LogP contribution in [0.4, 0.5) is 5.69 Å². The van der Waals surface area contributed by atoms with Crippen molar-refractivity contribution >= 4 is 11.6 Å². The summed E-state index contributed by atoms with van der Waals surface area (Å²) in [6.07, 6.45) is 0. The van der Waals surface area contributed by atoms with Gasteiger partial charge in [-0.2, -0.15) is 0 Å². The molecule has 0 saturated heterocycles. The van der Waals surface area contributed by atoms with Crippen LogP contribution in [0, 0.1) is 13.8 Å². The van der Waals surface area contributed by atoms with Crippen LogP contribution in [0.25, 0.3) is 0 Å². The maximum Gasteiger partial charge on any atom is 0.255 e. The molecule has 1 heterocycles. The van der Waals surface area contributed by atoms with Crippen molar-refractivity contribution in [3.63, 3.8) is 0 Å². The number of nitrogens with two attached hydrogens (primary N) is 1. The number of furan rings is 1. The molecule has 0 fully saturated rings. The summed E-state index contributed by atoms with van der Waals surface area (Å²) in [5.41, 5.74) is 7.09. The van der Waals surface area contributed by atoms with E-state index in [1.807, 2.05) is 38.1 Å². The molecule has 0 aliphatic rings. The van der Waals surface area contributed by atoms with E-state index in [1.54, 1.807) is 6.07 Å². The first kappa shape index (κ1) is 15.0. The van der Waals surface area contributed by atoms with Crippen LogP contribution in [0.15, 0.2) is 34.7 Å². The first-order valence-electron chi connectivity index (χ1n) is 6.80. The summed E-state index contributed by atoms with van der Waals surface area (Å²) < 4.78 is 10.8. The monoisotopic (exact) mass is 288 g/mol. The number of rotatable bonds is 6. The van der Waals surface area contributed by atoms with Gasteiger partial charge in [-0.05, 0) is 39.0 Å². The molecule has 0 spiro atoms. The Balaban J connectivity index is 2.07. The summed E-state index contributed by atoms with van der Waals surface area (Å²) in [5.74, 6) is 1.92. The third-order valence-corrected chi connectivity index (χ3v) is 3.14. The second kappa shape index (κ2) is 6.35. The number of amides is 1. The highest BCUT2D eigenvalue weighted by atomic mass is 16.5. The maximum atomic E-state index is 10.7. The van der Waals surface area contributed by atoms with Gasteiger partial charge in [-0.3, -0.25) is 4.79 Å². The van der Waals surface area contributed by atoms with Crippen molar-refractivity contribution in [1.29, 1.82) is 0 Å². The quantitative estimate of drug-likeness (QED) is 0.856.